The van der Waals surface area contributed by atoms with Crippen molar-refractivity contribution in [3.8, 4) is 0 Å². The van der Waals surface area contributed by atoms with Crippen LogP contribution in [0.4, 0.5) is 24.9 Å². The number of nitrogens with zero attached hydrogens (tertiary/aromatic N) is 4. The Bertz CT molecular complexity index is 1210. The molecular weight excluding hydrogens is 487 g/mol. The number of carbonyl (C=O) groups is 1. The number of carbonyl (C=O) groups excluding carboxylic acids is 1. The first-order chi connectivity index (χ1) is 16.7. The van der Waals surface area contributed by atoms with Crippen molar-refractivity contribution in [3.05, 3.63) is 47.3 Å². The molecule has 2 aliphatic rings. The molecule has 2 heterocycles. The number of anilines is 2. The van der Waals surface area contributed by atoms with Crippen molar-refractivity contribution in [2.24, 2.45) is 0 Å². The first kappa shape index (κ1) is 23.8. The van der Waals surface area contributed by atoms with Crippen LogP contribution in [0.2, 0.25) is 5.02 Å². The lowest BCUT2D eigenvalue weighted by atomic mass is 9.82. The number of aromatic nitrogens is 2. The van der Waals surface area contributed by atoms with E-state index in [1.807, 2.05) is 46.2 Å². The molecular formula is C23H23ClF3N5O3. The van der Waals surface area contributed by atoms with Gasteiger partial charge in [0.1, 0.15) is 0 Å². The van der Waals surface area contributed by atoms with Gasteiger partial charge in [0.05, 0.1) is 12.6 Å². The number of alkyl halides is 3. The van der Waals surface area contributed by atoms with E-state index in [0.717, 1.165) is 16.5 Å². The summed E-state index contributed by atoms with van der Waals surface area (Å²) in [7, 11) is 0. The molecule has 3 aromatic rings. The number of piperazine rings is 1. The fraction of sp³-hybridized carbons (Fsp3) is 0.435. The van der Waals surface area contributed by atoms with Crippen LogP contribution in [0, 0.1) is 0 Å². The van der Waals surface area contributed by atoms with E-state index in [1.54, 1.807) is 0 Å². The molecule has 186 valence electrons. The topological polar surface area (TPSA) is 83.7 Å². The molecule has 2 aromatic carbocycles. The third-order valence-electron chi connectivity index (χ3n) is 6.27. The lowest BCUT2D eigenvalue weighted by molar-refractivity contribution is -0.352. The number of halogens is 4. The van der Waals surface area contributed by atoms with Crippen molar-refractivity contribution in [3.63, 3.8) is 0 Å². The Morgan fingerprint density at radius 3 is 2.54 bits per heavy atom. The summed E-state index contributed by atoms with van der Waals surface area (Å²) < 4.78 is 46.5. The Morgan fingerprint density at radius 2 is 1.80 bits per heavy atom. The number of fused-ring (bicyclic) bond motifs is 1. The predicted octanol–water partition coefficient (Wildman–Crippen LogP) is 4.42. The van der Waals surface area contributed by atoms with Gasteiger partial charge in [-0.3, -0.25) is 14.4 Å². The van der Waals surface area contributed by atoms with Crippen LogP contribution in [0.1, 0.15) is 24.7 Å². The fourth-order valence-electron chi connectivity index (χ4n) is 4.37. The number of ether oxygens (including phenoxy) is 1. The quantitative estimate of drug-likeness (QED) is 0.526. The molecule has 5 rings (SSSR count). The fourth-order valence-corrected chi connectivity index (χ4v) is 4.55. The molecule has 1 aromatic heterocycles. The number of hydrogen-bond donors (Lipinski definition) is 1. The van der Waals surface area contributed by atoms with Gasteiger partial charge in [-0.05, 0) is 47.9 Å². The summed E-state index contributed by atoms with van der Waals surface area (Å²) in [6.07, 6.45) is -5.08. The summed E-state index contributed by atoms with van der Waals surface area (Å²) in [5, 5.41) is 13.7. The molecule has 1 saturated heterocycles. The Morgan fingerprint density at radius 1 is 1.09 bits per heavy atom. The van der Waals surface area contributed by atoms with Gasteiger partial charge in [0.2, 0.25) is 11.8 Å². The summed E-state index contributed by atoms with van der Waals surface area (Å²) in [5.41, 5.74) is 0.723. The Balaban J connectivity index is 1.08. The highest BCUT2D eigenvalue weighted by molar-refractivity contribution is 6.31. The van der Waals surface area contributed by atoms with Crippen LogP contribution in [0.3, 0.4) is 0 Å². The smallest absolute Gasteiger partial charge is 0.408 e. The maximum absolute atomic E-state index is 12.5. The van der Waals surface area contributed by atoms with Gasteiger partial charge in [-0.2, -0.15) is 0 Å². The van der Waals surface area contributed by atoms with Crippen LogP contribution >= 0.6 is 11.6 Å². The SMILES string of the molecule is O=C(CN1CCN(c2nnc(C3CC(OC(F)(F)F)C3)o2)CC1)Nc1ccc2cc(Cl)ccc2c1. The van der Waals surface area contributed by atoms with E-state index in [0.29, 0.717) is 43.1 Å². The minimum atomic E-state index is -4.63. The first-order valence-electron chi connectivity index (χ1n) is 11.3. The molecule has 8 nitrogen and oxygen atoms in total. The van der Waals surface area contributed by atoms with E-state index in [4.69, 9.17) is 16.0 Å². The van der Waals surface area contributed by atoms with Gasteiger partial charge in [0.15, 0.2) is 0 Å². The van der Waals surface area contributed by atoms with Crippen LogP contribution < -0.4 is 10.2 Å². The standard InChI is InChI=1S/C23H23ClF3N5O3/c24-17-3-1-15-10-18(4-2-14(15)9-17)28-20(33)13-31-5-7-32(8-6-31)22-30-29-21(34-22)16-11-19(12-16)35-23(25,26)27/h1-4,9-10,16,19H,5-8,11-13H2,(H,28,33). The summed E-state index contributed by atoms with van der Waals surface area (Å²) in [5.74, 6) is 0.00891. The van der Waals surface area contributed by atoms with Crippen molar-refractivity contribution in [2.75, 3.05) is 42.9 Å². The van der Waals surface area contributed by atoms with E-state index < -0.39 is 12.5 Å². The lowest BCUT2D eigenvalue weighted by Crippen LogP contribution is -2.48. The predicted molar refractivity (Wildman–Crippen MR) is 123 cm³/mol. The molecule has 12 heteroatoms. The van der Waals surface area contributed by atoms with Crippen molar-refractivity contribution in [2.45, 2.75) is 31.2 Å². The molecule has 0 spiro atoms. The monoisotopic (exact) mass is 509 g/mol. The molecule has 1 saturated carbocycles. The Labute approximate surface area is 204 Å². The second-order valence-corrected chi connectivity index (χ2v) is 9.23. The van der Waals surface area contributed by atoms with Crippen molar-refractivity contribution in [1.29, 1.82) is 0 Å². The minimum absolute atomic E-state index is 0.104. The maximum atomic E-state index is 12.5. The first-order valence-corrected chi connectivity index (χ1v) is 11.6. The van der Waals surface area contributed by atoms with Crippen molar-refractivity contribution < 1.29 is 27.1 Å². The van der Waals surface area contributed by atoms with Gasteiger partial charge >= 0.3 is 12.4 Å². The van der Waals surface area contributed by atoms with Crippen molar-refractivity contribution >= 4 is 40.0 Å². The Hall–Kier alpha value is -2.89. The molecule has 0 radical (unpaired) electrons. The van der Waals surface area contributed by atoms with Gasteiger partial charge in [-0.15, -0.1) is 18.3 Å². The van der Waals surface area contributed by atoms with Gasteiger partial charge in [-0.25, -0.2) is 0 Å². The molecule has 0 bridgehead atoms. The van der Waals surface area contributed by atoms with E-state index in [-0.39, 0.29) is 31.2 Å². The molecule has 1 amide bonds. The van der Waals surface area contributed by atoms with E-state index in [2.05, 4.69) is 20.3 Å². The zero-order chi connectivity index (χ0) is 24.6. The highest BCUT2D eigenvalue weighted by Gasteiger charge is 2.42. The van der Waals surface area contributed by atoms with Crippen LogP contribution in [0.15, 0.2) is 40.8 Å². The zero-order valence-corrected chi connectivity index (χ0v) is 19.3. The summed E-state index contributed by atoms with van der Waals surface area (Å²) in [6, 6.07) is 11.6. The molecule has 35 heavy (non-hydrogen) atoms. The number of benzene rings is 2. The Kier molecular flexibility index (Phi) is 6.56. The summed E-state index contributed by atoms with van der Waals surface area (Å²) in [6.45, 7) is 2.70. The summed E-state index contributed by atoms with van der Waals surface area (Å²) >= 11 is 6.02. The van der Waals surface area contributed by atoms with Crippen molar-refractivity contribution in [1.82, 2.24) is 15.1 Å². The third kappa shape index (κ3) is 5.85. The van der Waals surface area contributed by atoms with Gasteiger partial charge in [0, 0.05) is 42.8 Å². The van der Waals surface area contributed by atoms with Crippen LogP contribution in [0.25, 0.3) is 10.8 Å². The van der Waals surface area contributed by atoms with Gasteiger partial charge < -0.3 is 14.6 Å². The number of rotatable bonds is 6. The van der Waals surface area contributed by atoms with Gasteiger partial charge in [0.25, 0.3) is 0 Å². The van der Waals surface area contributed by atoms with E-state index in [1.165, 1.54) is 0 Å². The number of amides is 1. The highest BCUT2D eigenvalue weighted by Crippen LogP contribution is 2.41. The van der Waals surface area contributed by atoms with Crippen LogP contribution in [-0.2, 0) is 9.53 Å². The molecule has 2 fully saturated rings. The largest absolute Gasteiger partial charge is 0.522 e. The minimum Gasteiger partial charge on any atom is -0.408 e. The molecule has 0 unspecified atom stereocenters. The van der Waals surface area contributed by atoms with Crippen LogP contribution in [-0.4, -0.2) is 66.2 Å². The highest BCUT2D eigenvalue weighted by atomic mass is 35.5. The molecule has 1 aliphatic carbocycles. The van der Waals surface area contributed by atoms with E-state index >= 15 is 0 Å². The molecule has 1 N–H and O–H groups in total. The maximum Gasteiger partial charge on any atom is 0.522 e. The molecule has 0 atom stereocenters. The molecule has 1 aliphatic heterocycles. The lowest BCUT2D eigenvalue weighted by Gasteiger charge is -2.34. The van der Waals surface area contributed by atoms with Gasteiger partial charge in [-0.1, -0.05) is 28.8 Å². The number of nitrogens with one attached hydrogen (secondary N) is 1. The average Bonchev–Trinajstić information content (AvgIpc) is 3.25. The third-order valence-corrected chi connectivity index (χ3v) is 6.51. The number of hydrogen-bond acceptors (Lipinski definition) is 7. The van der Waals surface area contributed by atoms with Crippen LogP contribution in [0.5, 0.6) is 0 Å². The summed E-state index contributed by atoms with van der Waals surface area (Å²) in [4.78, 5) is 16.5. The second-order valence-electron chi connectivity index (χ2n) is 8.79. The zero-order valence-electron chi connectivity index (χ0n) is 18.6. The second kappa shape index (κ2) is 9.63. The normalized spacial score (nSPS) is 21.2. The van der Waals surface area contributed by atoms with E-state index in [9.17, 15) is 18.0 Å². The average molecular weight is 510 g/mol.